The fraction of sp³-hybridized carbons (Fsp3) is 0.949. The van der Waals surface area contributed by atoms with E-state index in [1.54, 1.807) is 0 Å². The predicted octanol–water partition coefficient (Wildman–Crippen LogP) is 9.95. The second kappa shape index (κ2) is 40.9. The summed E-state index contributed by atoms with van der Waals surface area (Å²) in [5.74, 6) is 0.476. The van der Waals surface area contributed by atoms with Crippen LogP contribution < -0.4 is 16.0 Å². The van der Waals surface area contributed by atoms with Gasteiger partial charge in [-0.1, -0.05) is 137 Å². The summed E-state index contributed by atoms with van der Waals surface area (Å²) in [4.78, 5) is 25.9. The fourth-order valence-electron chi connectivity index (χ4n) is 5.61. The van der Waals surface area contributed by atoms with Crippen molar-refractivity contribution in [2.24, 2.45) is 0 Å². The molecule has 3 N–H and O–H groups in total. The second-order valence-corrected chi connectivity index (χ2v) is 13.2. The molecule has 0 bridgehead atoms. The number of nitrogens with zero attached hydrogens (tertiary/aromatic N) is 1. The summed E-state index contributed by atoms with van der Waals surface area (Å²) >= 11 is 0. The first-order valence-corrected chi connectivity index (χ1v) is 20.0. The number of carbonyl (C=O) groups is 2. The summed E-state index contributed by atoms with van der Waals surface area (Å²) < 4.78 is 0. The Hall–Kier alpha value is -1.14. The average Bonchev–Trinajstić information content (AvgIpc) is 3.03. The lowest BCUT2D eigenvalue weighted by molar-refractivity contribution is -0.122. The van der Waals surface area contributed by atoms with Crippen LogP contribution >= 0.6 is 0 Å². The molecule has 270 valence electrons. The van der Waals surface area contributed by atoms with Gasteiger partial charge in [-0.2, -0.15) is 0 Å². The molecule has 0 aromatic heterocycles. The molecule has 0 heterocycles. The van der Waals surface area contributed by atoms with Gasteiger partial charge in [-0.05, 0) is 77.7 Å². The molecular formula is C39H82N4O2. The van der Waals surface area contributed by atoms with Crippen molar-refractivity contribution in [2.75, 3.05) is 45.8 Å². The normalized spacial score (nSPS) is 11.0. The maximum Gasteiger partial charge on any atom is 0.219 e. The zero-order valence-electron chi connectivity index (χ0n) is 31.4. The van der Waals surface area contributed by atoms with E-state index in [1.165, 1.54) is 135 Å². The first-order valence-electron chi connectivity index (χ1n) is 20.0. The zero-order chi connectivity index (χ0) is 33.5. The molecule has 0 atom stereocenters. The van der Waals surface area contributed by atoms with E-state index in [-0.39, 0.29) is 11.8 Å². The molecule has 0 saturated carbocycles. The molecule has 0 radical (unpaired) electrons. The summed E-state index contributed by atoms with van der Waals surface area (Å²) in [6.45, 7) is 18.3. The van der Waals surface area contributed by atoms with E-state index in [0.717, 1.165) is 58.4 Å². The quantitative estimate of drug-likeness (QED) is 0.0614. The van der Waals surface area contributed by atoms with E-state index < -0.39 is 0 Å². The van der Waals surface area contributed by atoms with Crippen LogP contribution in [0, 0.1) is 0 Å². The Morgan fingerprint density at radius 3 is 1.18 bits per heavy atom. The molecule has 0 aromatic rings. The number of hydrogen-bond donors (Lipinski definition) is 3. The molecule has 0 aliphatic heterocycles. The first-order chi connectivity index (χ1) is 22.0. The molecule has 0 aliphatic rings. The molecule has 0 rings (SSSR count). The van der Waals surface area contributed by atoms with Crippen LogP contribution in [0.15, 0.2) is 0 Å². The highest BCUT2D eigenvalue weighted by atomic mass is 16.2. The topological polar surface area (TPSA) is 73.5 Å². The van der Waals surface area contributed by atoms with Gasteiger partial charge in [0.05, 0.1) is 0 Å². The van der Waals surface area contributed by atoms with Crippen LogP contribution in [0.5, 0.6) is 0 Å². The van der Waals surface area contributed by atoms with Gasteiger partial charge in [0.1, 0.15) is 0 Å². The lowest BCUT2D eigenvalue weighted by Gasteiger charge is -2.20. The largest absolute Gasteiger partial charge is 0.356 e. The lowest BCUT2D eigenvalue weighted by atomic mass is 10.1. The Labute approximate surface area is 282 Å². The van der Waals surface area contributed by atoms with Crippen LogP contribution in [0.3, 0.4) is 0 Å². The van der Waals surface area contributed by atoms with Crippen molar-refractivity contribution in [1.29, 1.82) is 0 Å². The van der Waals surface area contributed by atoms with E-state index in [4.69, 9.17) is 0 Å². The first kappa shape index (κ1) is 46.0. The van der Waals surface area contributed by atoms with E-state index in [1.807, 2.05) is 0 Å². The van der Waals surface area contributed by atoms with Crippen LogP contribution in [0.4, 0.5) is 0 Å². The van der Waals surface area contributed by atoms with Gasteiger partial charge in [-0.3, -0.25) is 9.59 Å². The molecule has 0 unspecified atom stereocenters. The van der Waals surface area contributed by atoms with Gasteiger partial charge < -0.3 is 20.9 Å². The van der Waals surface area contributed by atoms with Crippen molar-refractivity contribution in [3.63, 3.8) is 0 Å². The Morgan fingerprint density at radius 2 is 0.778 bits per heavy atom. The summed E-state index contributed by atoms with van der Waals surface area (Å²) in [6.07, 6.45) is 30.6. The lowest BCUT2D eigenvalue weighted by Crippen LogP contribution is -2.31. The number of rotatable bonds is 34. The van der Waals surface area contributed by atoms with Crippen LogP contribution in [0.25, 0.3) is 0 Å². The van der Waals surface area contributed by atoms with Gasteiger partial charge >= 0.3 is 0 Å². The van der Waals surface area contributed by atoms with Crippen molar-refractivity contribution >= 4 is 11.8 Å². The van der Waals surface area contributed by atoms with E-state index in [0.29, 0.717) is 12.8 Å². The third-order valence-electron chi connectivity index (χ3n) is 8.35. The second-order valence-electron chi connectivity index (χ2n) is 13.2. The highest BCUT2D eigenvalue weighted by Gasteiger charge is 2.04. The van der Waals surface area contributed by atoms with Gasteiger partial charge in [0.25, 0.3) is 0 Å². The van der Waals surface area contributed by atoms with Crippen LogP contribution in [0.1, 0.15) is 195 Å². The van der Waals surface area contributed by atoms with Gasteiger partial charge in [-0.15, -0.1) is 0 Å². The minimum absolute atomic E-state index is 0.230. The van der Waals surface area contributed by atoms with Gasteiger partial charge in [-0.25, -0.2) is 0 Å². The third-order valence-corrected chi connectivity index (χ3v) is 8.35. The third kappa shape index (κ3) is 40.8. The molecule has 0 fully saturated rings. The number of nitrogens with one attached hydrogen (secondary N) is 3. The van der Waals surface area contributed by atoms with Crippen molar-refractivity contribution in [2.45, 2.75) is 195 Å². The van der Waals surface area contributed by atoms with Gasteiger partial charge in [0.15, 0.2) is 0 Å². The number of amides is 2. The zero-order valence-corrected chi connectivity index (χ0v) is 31.4. The van der Waals surface area contributed by atoms with E-state index in [2.05, 4.69) is 55.5 Å². The molecule has 45 heavy (non-hydrogen) atoms. The van der Waals surface area contributed by atoms with E-state index >= 15 is 0 Å². The molecule has 0 aromatic carbocycles. The molecule has 6 heteroatoms. The van der Waals surface area contributed by atoms with Crippen molar-refractivity contribution in [3.8, 4) is 0 Å². The van der Waals surface area contributed by atoms with Gasteiger partial charge in [0, 0.05) is 25.9 Å². The fourth-order valence-corrected chi connectivity index (χ4v) is 5.61. The Balaban J connectivity index is 0. The maximum absolute atomic E-state index is 11.8. The standard InChI is InChI=1S/C21H44N2O.C18H38N2O/c1-4-7-8-9-10-11-12-13-14-16-21(24)22-17-15-20-23(18-5-2)19-6-3;1-3-5-6-7-8-9-10-11-12-14-18(21)20-17-13-16-19-15-4-2/h4-20H2,1-3H3,(H,22,24);19H,3-17H2,1-2H3,(H,20,21). The predicted molar refractivity (Wildman–Crippen MR) is 199 cm³/mol. The highest BCUT2D eigenvalue weighted by Crippen LogP contribution is 2.11. The molecule has 0 saturated heterocycles. The minimum Gasteiger partial charge on any atom is -0.356 e. The van der Waals surface area contributed by atoms with Crippen LogP contribution in [-0.4, -0.2) is 62.5 Å². The van der Waals surface area contributed by atoms with E-state index in [9.17, 15) is 9.59 Å². The van der Waals surface area contributed by atoms with Crippen molar-refractivity contribution < 1.29 is 9.59 Å². The minimum atomic E-state index is 0.230. The van der Waals surface area contributed by atoms with Gasteiger partial charge in [0.2, 0.25) is 11.8 Å². The van der Waals surface area contributed by atoms with Crippen LogP contribution in [-0.2, 0) is 9.59 Å². The van der Waals surface area contributed by atoms with Crippen molar-refractivity contribution in [3.05, 3.63) is 0 Å². The number of carbonyl (C=O) groups excluding carboxylic acids is 2. The Morgan fingerprint density at radius 1 is 0.378 bits per heavy atom. The summed E-state index contributed by atoms with van der Waals surface area (Å²) in [6, 6.07) is 0. The monoisotopic (exact) mass is 639 g/mol. The summed E-state index contributed by atoms with van der Waals surface area (Å²) in [5.41, 5.74) is 0. The summed E-state index contributed by atoms with van der Waals surface area (Å²) in [7, 11) is 0. The number of unbranched alkanes of at least 4 members (excludes halogenated alkanes) is 16. The Bertz CT molecular complexity index is 581. The highest BCUT2D eigenvalue weighted by molar-refractivity contribution is 5.76. The average molecular weight is 639 g/mol. The van der Waals surface area contributed by atoms with Crippen molar-refractivity contribution in [1.82, 2.24) is 20.9 Å². The summed E-state index contributed by atoms with van der Waals surface area (Å²) in [5, 5.41) is 9.43. The SMILES string of the molecule is CCCCCCCCCCCC(=O)NCCCN(CCC)CCC.CCCCCCCCCCCC(=O)NCCCNCCC. The molecular weight excluding hydrogens is 556 g/mol. The molecule has 0 aliphatic carbocycles. The molecule has 6 nitrogen and oxygen atoms in total. The molecule has 0 spiro atoms. The number of hydrogen-bond acceptors (Lipinski definition) is 4. The smallest absolute Gasteiger partial charge is 0.219 e. The molecule has 2 amide bonds. The Kier molecular flexibility index (Phi) is 41.8. The van der Waals surface area contributed by atoms with Crippen LogP contribution in [0.2, 0.25) is 0 Å². The maximum atomic E-state index is 11.8.